The minimum atomic E-state index is 0.816. The summed E-state index contributed by atoms with van der Waals surface area (Å²) in [6.45, 7) is 11.2. The largest absolute Gasteiger partial charge is 0.315 e. The molecule has 1 unspecified atom stereocenters. The van der Waals surface area contributed by atoms with Crippen LogP contribution in [-0.4, -0.2) is 26.2 Å². The van der Waals surface area contributed by atoms with Gasteiger partial charge in [0.25, 0.3) is 0 Å². The molecule has 0 saturated heterocycles. The van der Waals surface area contributed by atoms with Crippen LogP contribution in [0.5, 0.6) is 0 Å². The van der Waals surface area contributed by atoms with E-state index in [2.05, 4.69) is 31.4 Å². The van der Waals surface area contributed by atoms with Crippen molar-refractivity contribution < 1.29 is 0 Å². The summed E-state index contributed by atoms with van der Waals surface area (Å²) in [6, 6.07) is 0. The van der Waals surface area contributed by atoms with Gasteiger partial charge in [0.05, 0.1) is 0 Å². The van der Waals surface area contributed by atoms with Crippen molar-refractivity contribution in [1.82, 2.24) is 10.6 Å². The van der Waals surface area contributed by atoms with Crippen molar-refractivity contribution in [2.75, 3.05) is 26.2 Å². The van der Waals surface area contributed by atoms with Crippen molar-refractivity contribution in [3.8, 4) is 0 Å². The fraction of sp³-hybridized carbons (Fsp3) is 1.00. The third kappa shape index (κ3) is 8.02. The van der Waals surface area contributed by atoms with E-state index >= 15 is 0 Å². The number of hydrogen-bond acceptors (Lipinski definition) is 2. The summed E-state index contributed by atoms with van der Waals surface area (Å²) >= 11 is 0. The Bertz CT molecular complexity index is 83.9. The van der Waals surface area contributed by atoms with Crippen LogP contribution in [0.15, 0.2) is 0 Å². The normalized spacial score (nSPS) is 13.2. The van der Waals surface area contributed by atoms with Crippen molar-refractivity contribution in [2.24, 2.45) is 5.92 Å². The van der Waals surface area contributed by atoms with Gasteiger partial charge in [0.2, 0.25) is 0 Å². The van der Waals surface area contributed by atoms with Gasteiger partial charge in [0.15, 0.2) is 0 Å². The van der Waals surface area contributed by atoms with E-state index in [1.54, 1.807) is 0 Å². The lowest BCUT2D eigenvalue weighted by atomic mass is 10.1. The van der Waals surface area contributed by atoms with Gasteiger partial charge in [0, 0.05) is 13.1 Å². The van der Waals surface area contributed by atoms with E-state index < -0.39 is 0 Å². The maximum absolute atomic E-state index is 3.43. The van der Waals surface area contributed by atoms with Gasteiger partial charge < -0.3 is 10.6 Å². The molecule has 0 aromatic rings. The van der Waals surface area contributed by atoms with Crippen molar-refractivity contribution in [3.63, 3.8) is 0 Å². The minimum Gasteiger partial charge on any atom is -0.315 e. The van der Waals surface area contributed by atoms with E-state index in [0.29, 0.717) is 0 Å². The molecule has 0 aromatic carbocycles. The van der Waals surface area contributed by atoms with Crippen molar-refractivity contribution >= 4 is 0 Å². The molecule has 0 aliphatic carbocycles. The molecule has 0 radical (unpaired) electrons. The first-order chi connectivity index (χ1) is 5.81. The Morgan fingerprint density at radius 3 is 2.25 bits per heavy atom. The Morgan fingerprint density at radius 1 is 1.00 bits per heavy atom. The van der Waals surface area contributed by atoms with Crippen LogP contribution < -0.4 is 10.6 Å². The summed E-state index contributed by atoms with van der Waals surface area (Å²) in [5.74, 6) is 0.816. The van der Waals surface area contributed by atoms with Gasteiger partial charge >= 0.3 is 0 Å². The molecule has 74 valence electrons. The molecule has 0 bridgehead atoms. The SMILES string of the molecule is CCCNCCNCC(C)CC. The van der Waals surface area contributed by atoms with Crippen LogP contribution in [0.25, 0.3) is 0 Å². The summed E-state index contributed by atoms with van der Waals surface area (Å²) < 4.78 is 0. The second-order valence-corrected chi connectivity index (χ2v) is 3.47. The number of hydrogen-bond donors (Lipinski definition) is 2. The maximum atomic E-state index is 3.43. The van der Waals surface area contributed by atoms with Gasteiger partial charge in [-0.3, -0.25) is 0 Å². The molecule has 0 spiro atoms. The van der Waals surface area contributed by atoms with E-state index in [1.807, 2.05) is 0 Å². The van der Waals surface area contributed by atoms with E-state index in [0.717, 1.165) is 32.1 Å². The van der Waals surface area contributed by atoms with Gasteiger partial charge in [-0.1, -0.05) is 27.2 Å². The van der Waals surface area contributed by atoms with Crippen molar-refractivity contribution in [1.29, 1.82) is 0 Å². The summed E-state index contributed by atoms with van der Waals surface area (Å²) in [7, 11) is 0. The van der Waals surface area contributed by atoms with Crippen molar-refractivity contribution in [3.05, 3.63) is 0 Å². The summed E-state index contributed by atoms with van der Waals surface area (Å²) in [6.07, 6.45) is 2.50. The first-order valence-corrected chi connectivity index (χ1v) is 5.22. The first kappa shape index (κ1) is 11.9. The zero-order valence-electron chi connectivity index (χ0n) is 8.82. The second-order valence-electron chi connectivity index (χ2n) is 3.47. The molecule has 2 N–H and O–H groups in total. The Hall–Kier alpha value is -0.0800. The average Bonchev–Trinajstić information content (AvgIpc) is 2.10. The Balaban J connectivity index is 2.90. The fourth-order valence-corrected chi connectivity index (χ4v) is 0.971. The second kappa shape index (κ2) is 9.01. The summed E-state index contributed by atoms with van der Waals surface area (Å²) in [5, 5.41) is 6.80. The predicted molar refractivity (Wildman–Crippen MR) is 55.5 cm³/mol. The molecule has 12 heavy (non-hydrogen) atoms. The number of nitrogens with one attached hydrogen (secondary N) is 2. The van der Waals surface area contributed by atoms with E-state index in [-0.39, 0.29) is 0 Å². The molecule has 0 heterocycles. The van der Waals surface area contributed by atoms with Crippen LogP contribution >= 0.6 is 0 Å². The van der Waals surface area contributed by atoms with Crippen LogP contribution in [0, 0.1) is 5.92 Å². The lowest BCUT2D eigenvalue weighted by molar-refractivity contribution is 0.493. The Labute approximate surface area is 77.1 Å². The predicted octanol–water partition coefficient (Wildman–Crippen LogP) is 1.62. The van der Waals surface area contributed by atoms with Crippen LogP contribution in [0.1, 0.15) is 33.6 Å². The molecule has 1 atom stereocenters. The molecular formula is C10H24N2. The average molecular weight is 172 g/mol. The Kier molecular flexibility index (Phi) is 8.95. The smallest absolute Gasteiger partial charge is 0.00768 e. The van der Waals surface area contributed by atoms with Crippen LogP contribution in [0.3, 0.4) is 0 Å². The minimum absolute atomic E-state index is 0.816. The molecule has 2 nitrogen and oxygen atoms in total. The summed E-state index contributed by atoms with van der Waals surface area (Å²) in [5.41, 5.74) is 0. The van der Waals surface area contributed by atoms with Crippen molar-refractivity contribution in [2.45, 2.75) is 33.6 Å². The molecule has 0 fully saturated rings. The fourth-order valence-electron chi connectivity index (χ4n) is 0.971. The zero-order valence-corrected chi connectivity index (χ0v) is 8.82. The number of rotatable bonds is 8. The quantitative estimate of drug-likeness (QED) is 0.544. The van der Waals surface area contributed by atoms with Gasteiger partial charge in [-0.05, 0) is 25.4 Å². The van der Waals surface area contributed by atoms with E-state index in [4.69, 9.17) is 0 Å². The molecule has 0 aliphatic heterocycles. The molecular weight excluding hydrogens is 148 g/mol. The van der Waals surface area contributed by atoms with Gasteiger partial charge in [-0.15, -0.1) is 0 Å². The summed E-state index contributed by atoms with van der Waals surface area (Å²) in [4.78, 5) is 0. The third-order valence-electron chi connectivity index (χ3n) is 2.10. The molecule has 0 rings (SSSR count). The highest BCUT2D eigenvalue weighted by atomic mass is 14.9. The topological polar surface area (TPSA) is 24.1 Å². The van der Waals surface area contributed by atoms with E-state index in [1.165, 1.54) is 12.8 Å². The monoisotopic (exact) mass is 172 g/mol. The standard InChI is InChI=1S/C10H24N2/c1-4-6-11-7-8-12-9-10(3)5-2/h10-12H,4-9H2,1-3H3. The highest BCUT2D eigenvalue weighted by Crippen LogP contribution is 1.96. The zero-order chi connectivity index (χ0) is 9.23. The first-order valence-electron chi connectivity index (χ1n) is 5.22. The van der Waals surface area contributed by atoms with Crippen LogP contribution in [0.2, 0.25) is 0 Å². The van der Waals surface area contributed by atoms with E-state index in [9.17, 15) is 0 Å². The molecule has 0 aromatic heterocycles. The van der Waals surface area contributed by atoms with Gasteiger partial charge in [-0.2, -0.15) is 0 Å². The lowest BCUT2D eigenvalue weighted by Crippen LogP contribution is -2.30. The highest BCUT2D eigenvalue weighted by Gasteiger charge is 1.95. The van der Waals surface area contributed by atoms with Crippen LogP contribution in [-0.2, 0) is 0 Å². The molecule has 0 amide bonds. The highest BCUT2D eigenvalue weighted by molar-refractivity contribution is 4.56. The Morgan fingerprint density at radius 2 is 1.67 bits per heavy atom. The molecule has 0 saturated carbocycles. The molecule has 2 heteroatoms. The van der Waals surface area contributed by atoms with Gasteiger partial charge in [0.1, 0.15) is 0 Å². The maximum Gasteiger partial charge on any atom is 0.00768 e. The van der Waals surface area contributed by atoms with Gasteiger partial charge in [-0.25, -0.2) is 0 Å². The lowest BCUT2D eigenvalue weighted by Gasteiger charge is -2.09. The molecule has 0 aliphatic rings. The third-order valence-corrected chi connectivity index (χ3v) is 2.10. The van der Waals surface area contributed by atoms with Crippen LogP contribution in [0.4, 0.5) is 0 Å².